The van der Waals surface area contributed by atoms with Crippen LogP contribution in [0.1, 0.15) is 341 Å². The lowest BCUT2D eigenvalue weighted by Gasteiger charge is -2.15. The van der Waals surface area contributed by atoms with Crippen LogP contribution in [0.2, 0.25) is 0 Å². The third-order valence-electron chi connectivity index (χ3n) is 13.7. The SMILES string of the molecule is CCCCCCCCCCCCCCCCCCCCCCCCCCCCCCCCCCCCCCCC(=O)OC(CO)COC(=O)CCCCCCCCCCCCCC. The number of aliphatic hydroxyl groups excluding tert-OH is 1. The second-order valence-corrected chi connectivity index (χ2v) is 20.1. The molecule has 0 aromatic carbocycles. The summed E-state index contributed by atoms with van der Waals surface area (Å²) in [7, 11) is 0. The summed E-state index contributed by atoms with van der Waals surface area (Å²) in [5.41, 5.74) is 0. The Bertz CT molecular complexity index is 875. The largest absolute Gasteiger partial charge is 0.462 e. The zero-order chi connectivity index (χ0) is 45.6. The van der Waals surface area contributed by atoms with Crippen molar-refractivity contribution in [3.05, 3.63) is 0 Å². The van der Waals surface area contributed by atoms with E-state index in [2.05, 4.69) is 13.8 Å². The Labute approximate surface area is 395 Å². The smallest absolute Gasteiger partial charge is 0.306 e. The fraction of sp³-hybridized carbons (Fsp3) is 0.966. The van der Waals surface area contributed by atoms with Crippen LogP contribution in [-0.4, -0.2) is 36.4 Å². The first-order chi connectivity index (χ1) is 31.1. The summed E-state index contributed by atoms with van der Waals surface area (Å²) in [6.07, 6.45) is 66.9. The average molecular weight is 892 g/mol. The predicted molar refractivity (Wildman–Crippen MR) is 275 cm³/mol. The Balaban J connectivity index is 3.31. The molecule has 0 rings (SSSR count). The van der Waals surface area contributed by atoms with Crippen molar-refractivity contribution >= 4 is 11.9 Å². The fourth-order valence-electron chi connectivity index (χ4n) is 9.27. The van der Waals surface area contributed by atoms with E-state index in [4.69, 9.17) is 9.47 Å². The quantitative estimate of drug-likeness (QED) is 0.0486. The molecule has 1 unspecified atom stereocenters. The predicted octanol–water partition coefficient (Wildman–Crippen LogP) is 19.4. The highest BCUT2D eigenvalue weighted by Crippen LogP contribution is 2.18. The molecule has 1 atom stereocenters. The van der Waals surface area contributed by atoms with Crippen molar-refractivity contribution in [3.63, 3.8) is 0 Å². The van der Waals surface area contributed by atoms with E-state index in [-0.39, 0.29) is 25.2 Å². The minimum absolute atomic E-state index is 0.0565. The first-order valence-corrected chi connectivity index (χ1v) is 29.1. The molecule has 0 bridgehead atoms. The molecule has 0 fully saturated rings. The van der Waals surface area contributed by atoms with Gasteiger partial charge in [0.05, 0.1) is 6.61 Å². The third-order valence-corrected chi connectivity index (χ3v) is 13.7. The van der Waals surface area contributed by atoms with Gasteiger partial charge in [-0.15, -0.1) is 0 Å². The molecule has 0 saturated carbocycles. The number of ether oxygens (including phenoxy) is 2. The molecule has 376 valence electrons. The number of carbonyl (C=O) groups is 2. The minimum atomic E-state index is -0.763. The summed E-state index contributed by atoms with van der Waals surface area (Å²) >= 11 is 0. The van der Waals surface area contributed by atoms with Crippen LogP contribution >= 0.6 is 0 Å². The molecule has 1 N–H and O–H groups in total. The summed E-state index contributed by atoms with van der Waals surface area (Å²) < 4.78 is 10.7. The molecule has 63 heavy (non-hydrogen) atoms. The highest BCUT2D eigenvalue weighted by Gasteiger charge is 2.16. The monoisotopic (exact) mass is 891 g/mol. The van der Waals surface area contributed by atoms with Crippen molar-refractivity contribution in [2.75, 3.05) is 13.2 Å². The van der Waals surface area contributed by atoms with Crippen LogP contribution in [0.15, 0.2) is 0 Å². The van der Waals surface area contributed by atoms with E-state index >= 15 is 0 Å². The van der Waals surface area contributed by atoms with Crippen LogP contribution in [0.3, 0.4) is 0 Å². The fourth-order valence-corrected chi connectivity index (χ4v) is 9.27. The molecule has 0 aromatic rings. The number of hydrogen-bond donors (Lipinski definition) is 1. The molecule has 0 aliphatic carbocycles. The van der Waals surface area contributed by atoms with Gasteiger partial charge in [-0.2, -0.15) is 0 Å². The molecule has 0 heterocycles. The maximum Gasteiger partial charge on any atom is 0.306 e. The van der Waals surface area contributed by atoms with Crippen LogP contribution in [0, 0.1) is 0 Å². The summed E-state index contributed by atoms with van der Waals surface area (Å²) in [5, 5.41) is 9.61. The van der Waals surface area contributed by atoms with Gasteiger partial charge in [0, 0.05) is 12.8 Å². The number of esters is 2. The Hall–Kier alpha value is -1.10. The van der Waals surface area contributed by atoms with Gasteiger partial charge in [-0.3, -0.25) is 9.59 Å². The Morgan fingerprint density at radius 2 is 0.492 bits per heavy atom. The second kappa shape index (κ2) is 55.2. The molecule has 0 spiro atoms. The summed E-state index contributed by atoms with van der Waals surface area (Å²) in [6, 6.07) is 0. The van der Waals surface area contributed by atoms with Gasteiger partial charge in [0.2, 0.25) is 0 Å². The average Bonchev–Trinajstić information content (AvgIpc) is 3.29. The van der Waals surface area contributed by atoms with Gasteiger partial charge >= 0.3 is 11.9 Å². The maximum absolute atomic E-state index is 12.3. The highest BCUT2D eigenvalue weighted by atomic mass is 16.6. The van der Waals surface area contributed by atoms with Crippen molar-refractivity contribution in [2.24, 2.45) is 0 Å². The highest BCUT2D eigenvalue weighted by molar-refractivity contribution is 5.70. The van der Waals surface area contributed by atoms with Gasteiger partial charge < -0.3 is 14.6 Å². The van der Waals surface area contributed by atoms with Crippen molar-refractivity contribution < 1.29 is 24.2 Å². The zero-order valence-electron chi connectivity index (χ0n) is 43.1. The first kappa shape index (κ1) is 61.9. The Morgan fingerprint density at radius 3 is 0.698 bits per heavy atom. The molecular weight excluding hydrogens is 777 g/mol. The lowest BCUT2D eigenvalue weighted by Crippen LogP contribution is -2.28. The molecule has 0 saturated heterocycles. The summed E-state index contributed by atoms with van der Waals surface area (Å²) in [5.74, 6) is -0.569. The molecule has 0 aromatic heterocycles. The molecule has 5 heteroatoms. The number of hydrogen-bond acceptors (Lipinski definition) is 5. The van der Waals surface area contributed by atoms with Crippen molar-refractivity contribution in [1.29, 1.82) is 0 Å². The summed E-state index contributed by atoms with van der Waals surface area (Å²) in [4.78, 5) is 24.4. The lowest BCUT2D eigenvalue weighted by molar-refractivity contribution is -0.161. The number of aliphatic hydroxyl groups is 1. The molecule has 0 radical (unpaired) electrons. The van der Waals surface area contributed by atoms with Gasteiger partial charge in [0.15, 0.2) is 6.10 Å². The van der Waals surface area contributed by atoms with Crippen molar-refractivity contribution in [1.82, 2.24) is 0 Å². The molecule has 0 aliphatic rings. The molecule has 5 nitrogen and oxygen atoms in total. The van der Waals surface area contributed by atoms with E-state index in [0.717, 1.165) is 32.1 Å². The van der Waals surface area contributed by atoms with Crippen molar-refractivity contribution in [2.45, 2.75) is 347 Å². The van der Waals surface area contributed by atoms with E-state index in [1.165, 1.54) is 283 Å². The first-order valence-electron chi connectivity index (χ1n) is 29.1. The second-order valence-electron chi connectivity index (χ2n) is 20.1. The maximum atomic E-state index is 12.3. The standard InChI is InChI=1S/C58H114O5/c1-3-5-7-9-11-13-15-17-18-19-20-21-22-23-24-25-26-27-28-29-30-31-32-33-34-35-36-37-38-39-40-41-43-45-47-49-51-53-58(61)63-56(54-59)55-62-57(60)52-50-48-46-44-42-16-14-12-10-8-6-4-2/h56,59H,3-55H2,1-2H3. The van der Waals surface area contributed by atoms with Crippen LogP contribution in [-0.2, 0) is 19.1 Å². The van der Waals surface area contributed by atoms with Gasteiger partial charge in [-0.1, -0.05) is 316 Å². The summed E-state index contributed by atoms with van der Waals surface area (Å²) in [6.45, 7) is 4.19. The van der Waals surface area contributed by atoms with Gasteiger partial charge in [-0.05, 0) is 12.8 Å². The Kier molecular flexibility index (Phi) is 54.3. The van der Waals surface area contributed by atoms with Crippen LogP contribution in [0.25, 0.3) is 0 Å². The number of unbranched alkanes of at least 4 members (excludes halogenated alkanes) is 47. The zero-order valence-corrected chi connectivity index (χ0v) is 43.1. The van der Waals surface area contributed by atoms with E-state index in [0.29, 0.717) is 12.8 Å². The lowest BCUT2D eigenvalue weighted by atomic mass is 10.0. The van der Waals surface area contributed by atoms with Gasteiger partial charge in [0.1, 0.15) is 6.61 Å². The normalized spacial score (nSPS) is 12.0. The van der Waals surface area contributed by atoms with E-state index < -0.39 is 6.10 Å². The van der Waals surface area contributed by atoms with E-state index in [1.807, 2.05) is 0 Å². The molecule has 0 aliphatic heterocycles. The van der Waals surface area contributed by atoms with Crippen molar-refractivity contribution in [3.8, 4) is 0 Å². The molecule has 0 amide bonds. The number of rotatable bonds is 55. The number of carbonyl (C=O) groups excluding carboxylic acids is 2. The minimum Gasteiger partial charge on any atom is -0.462 e. The van der Waals surface area contributed by atoms with Crippen LogP contribution < -0.4 is 0 Å². The van der Waals surface area contributed by atoms with Crippen LogP contribution in [0.5, 0.6) is 0 Å². The molecular formula is C58H114O5. The van der Waals surface area contributed by atoms with E-state index in [9.17, 15) is 14.7 Å². The van der Waals surface area contributed by atoms with E-state index in [1.54, 1.807) is 0 Å². The third kappa shape index (κ3) is 53.4. The Morgan fingerprint density at radius 1 is 0.302 bits per heavy atom. The van der Waals surface area contributed by atoms with Gasteiger partial charge in [-0.25, -0.2) is 0 Å². The van der Waals surface area contributed by atoms with Gasteiger partial charge in [0.25, 0.3) is 0 Å². The van der Waals surface area contributed by atoms with Crippen LogP contribution in [0.4, 0.5) is 0 Å². The topological polar surface area (TPSA) is 72.8 Å².